The third-order valence-electron chi connectivity index (χ3n) is 6.91. The fourth-order valence-corrected chi connectivity index (χ4v) is 5.05. The highest BCUT2D eigenvalue weighted by Crippen LogP contribution is 2.38. The third-order valence-corrected chi connectivity index (χ3v) is 6.91. The van der Waals surface area contributed by atoms with Crippen molar-refractivity contribution >= 4 is 0 Å². The summed E-state index contributed by atoms with van der Waals surface area (Å²) in [5, 5.41) is 0. The SMILES string of the molecule is CCCC1CCC(c2ccc(-c3ccc(-c4cc(F)c(C#CC(F)(F)F)c(F)c4)c(F)c3)cc2)CC1. The van der Waals surface area contributed by atoms with Crippen LogP contribution >= 0.6 is 0 Å². The van der Waals surface area contributed by atoms with E-state index in [2.05, 4.69) is 19.1 Å². The molecule has 1 aliphatic rings. The Bertz CT molecular complexity index is 1250. The van der Waals surface area contributed by atoms with E-state index < -0.39 is 29.2 Å². The van der Waals surface area contributed by atoms with Gasteiger partial charge in [0.05, 0.1) is 5.56 Å². The molecular formula is C30H26F6. The predicted molar refractivity (Wildman–Crippen MR) is 130 cm³/mol. The molecule has 0 amide bonds. The lowest BCUT2D eigenvalue weighted by Crippen LogP contribution is -2.13. The van der Waals surface area contributed by atoms with Gasteiger partial charge in [0.25, 0.3) is 0 Å². The molecule has 0 saturated heterocycles. The fraction of sp³-hybridized carbons (Fsp3) is 0.333. The van der Waals surface area contributed by atoms with Gasteiger partial charge in [-0.25, -0.2) is 13.2 Å². The average molecular weight is 501 g/mol. The summed E-state index contributed by atoms with van der Waals surface area (Å²) < 4.78 is 80.3. The first-order valence-corrected chi connectivity index (χ1v) is 12.1. The second kappa shape index (κ2) is 10.8. The van der Waals surface area contributed by atoms with Crippen LogP contribution in [0.25, 0.3) is 22.3 Å². The zero-order chi connectivity index (χ0) is 25.9. The number of halogens is 6. The summed E-state index contributed by atoms with van der Waals surface area (Å²) in [6.07, 6.45) is 2.51. The van der Waals surface area contributed by atoms with Crippen molar-refractivity contribution in [3.05, 3.63) is 83.2 Å². The number of alkyl halides is 3. The van der Waals surface area contributed by atoms with Gasteiger partial charge in [-0.05, 0) is 78.0 Å². The van der Waals surface area contributed by atoms with Crippen LogP contribution < -0.4 is 0 Å². The molecule has 0 atom stereocenters. The highest BCUT2D eigenvalue weighted by Gasteiger charge is 2.24. The topological polar surface area (TPSA) is 0 Å². The smallest absolute Gasteiger partial charge is 0.206 e. The van der Waals surface area contributed by atoms with E-state index in [1.165, 1.54) is 62.1 Å². The number of rotatable bonds is 5. The van der Waals surface area contributed by atoms with Crippen molar-refractivity contribution in [2.24, 2.45) is 5.92 Å². The van der Waals surface area contributed by atoms with Crippen molar-refractivity contribution in [3.63, 3.8) is 0 Å². The third kappa shape index (κ3) is 6.13. The Kier molecular flexibility index (Phi) is 7.78. The van der Waals surface area contributed by atoms with E-state index in [1.807, 2.05) is 12.1 Å². The summed E-state index contributed by atoms with van der Waals surface area (Å²) in [7, 11) is 0. The standard InChI is InChI=1S/C30H26F6/c1-2-3-19-4-6-20(7-5-19)21-8-10-22(11-9-21)23-12-13-25(27(31)16-23)24-17-28(32)26(29(33)18-24)14-15-30(34,35)36/h8-13,16-20H,2-7H2,1H3. The maximum atomic E-state index is 14.9. The Morgan fingerprint density at radius 3 is 1.89 bits per heavy atom. The molecule has 3 aromatic carbocycles. The van der Waals surface area contributed by atoms with Crippen LogP contribution in [0.1, 0.15) is 62.5 Å². The monoisotopic (exact) mass is 500 g/mol. The van der Waals surface area contributed by atoms with Crippen LogP contribution in [-0.4, -0.2) is 6.18 Å². The van der Waals surface area contributed by atoms with Crippen LogP contribution in [0.3, 0.4) is 0 Å². The summed E-state index contributed by atoms with van der Waals surface area (Å²) in [5.74, 6) is 0.408. The minimum Gasteiger partial charge on any atom is -0.206 e. The highest BCUT2D eigenvalue weighted by atomic mass is 19.4. The van der Waals surface area contributed by atoms with Gasteiger partial charge in [0, 0.05) is 11.5 Å². The van der Waals surface area contributed by atoms with Gasteiger partial charge in [-0.15, -0.1) is 0 Å². The molecule has 4 rings (SSSR count). The van der Waals surface area contributed by atoms with Gasteiger partial charge < -0.3 is 0 Å². The van der Waals surface area contributed by atoms with E-state index in [0.29, 0.717) is 11.5 Å². The van der Waals surface area contributed by atoms with Crippen LogP contribution in [0.15, 0.2) is 54.6 Å². The molecule has 1 fully saturated rings. The van der Waals surface area contributed by atoms with Crippen LogP contribution in [0.5, 0.6) is 0 Å². The van der Waals surface area contributed by atoms with E-state index in [0.717, 1.165) is 29.5 Å². The van der Waals surface area contributed by atoms with E-state index in [9.17, 15) is 26.3 Å². The highest BCUT2D eigenvalue weighted by molar-refractivity contribution is 5.72. The predicted octanol–water partition coefficient (Wildman–Crippen LogP) is 9.43. The summed E-state index contributed by atoms with van der Waals surface area (Å²) in [6.45, 7) is 2.23. The van der Waals surface area contributed by atoms with Gasteiger partial charge in [-0.1, -0.05) is 62.1 Å². The second-order valence-electron chi connectivity index (χ2n) is 9.39. The molecule has 6 heteroatoms. The number of hydrogen-bond acceptors (Lipinski definition) is 0. The van der Waals surface area contributed by atoms with Crippen molar-refractivity contribution in [2.75, 3.05) is 0 Å². The first-order valence-electron chi connectivity index (χ1n) is 12.1. The van der Waals surface area contributed by atoms with Crippen LogP contribution in [0.4, 0.5) is 26.3 Å². The van der Waals surface area contributed by atoms with Gasteiger partial charge in [0.2, 0.25) is 0 Å². The molecule has 1 aliphatic carbocycles. The molecule has 3 aromatic rings. The molecule has 0 nitrogen and oxygen atoms in total. The molecule has 1 saturated carbocycles. The van der Waals surface area contributed by atoms with Gasteiger partial charge in [-0.2, -0.15) is 13.2 Å². The van der Waals surface area contributed by atoms with E-state index in [-0.39, 0.29) is 11.1 Å². The van der Waals surface area contributed by atoms with Gasteiger partial charge in [-0.3, -0.25) is 0 Å². The molecule has 188 valence electrons. The Labute approximate surface area is 207 Å². The van der Waals surface area contributed by atoms with Crippen LogP contribution in [0.2, 0.25) is 0 Å². The maximum Gasteiger partial charge on any atom is 0.458 e. The lowest BCUT2D eigenvalue weighted by atomic mass is 9.77. The fourth-order valence-electron chi connectivity index (χ4n) is 5.05. The molecule has 0 spiro atoms. The van der Waals surface area contributed by atoms with E-state index >= 15 is 0 Å². The molecule has 36 heavy (non-hydrogen) atoms. The minimum atomic E-state index is -4.88. The zero-order valence-electron chi connectivity index (χ0n) is 19.9. The number of hydrogen-bond donors (Lipinski definition) is 0. The zero-order valence-corrected chi connectivity index (χ0v) is 19.9. The van der Waals surface area contributed by atoms with Crippen molar-refractivity contribution < 1.29 is 26.3 Å². The largest absolute Gasteiger partial charge is 0.458 e. The average Bonchev–Trinajstić information content (AvgIpc) is 2.83. The van der Waals surface area contributed by atoms with Gasteiger partial charge >= 0.3 is 6.18 Å². The maximum absolute atomic E-state index is 14.9. The summed E-state index contributed by atoms with van der Waals surface area (Å²) in [4.78, 5) is 0. The summed E-state index contributed by atoms with van der Waals surface area (Å²) >= 11 is 0. The lowest BCUT2D eigenvalue weighted by Gasteiger charge is -2.28. The van der Waals surface area contributed by atoms with Crippen LogP contribution in [0, 0.1) is 35.2 Å². The molecule has 0 unspecified atom stereocenters. The second-order valence-corrected chi connectivity index (χ2v) is 9.39. The van der Waals surface area contributed by atoms with Gasteiger partial charge in [0.1, 0.15) is 17.5 Å². The van der Waals surface area contributed by atoms with Crippen molar-refractivity contribution in [1.29, 1.82) is 0 Å². The molecule has 0 N–H and O–H groups in total. The van der Waals surface area contributed by atoms with Crippen molar-refractivity contribution in [3.8, 4) is 34.1 Å². The molecule has 0 bridgehead atoms. The quantitative estimate of drug-likeness (QED) is 0.242. The Morgan fingerprint density at radius 1 is 0.750 bits per heavy atom. The number of benzene rings is 3. The van der Waals surface area contributed by atoms with Crippen LogP contribution in [-0.2, 0) is 0 Å². The lowest BCUT2D eigenvalue weighted by molar-refractivity contribution is -0.0696. The summed E-state index contributed by atoms with van der Waals surface area (Å²) in [6, 6.07) is 14.0. The molecule has 0 heterocycles. The van der Waals surface area contributed by atoms with E-state index in [4.69, 9.17) is 0 Å². The van der Waals surface area contributed by atoms with Gasteiger partial charge in [0.15, 0.2) is 0 Å². The minimum absolute atomic E-state index is 0.0626. The Hall–Kier alpha value is -3.20. The first kappa shape index (κ1) is 25.9. The molecule has 0 radical (unpaired) electrons. The first-order chi connectivity index (χ1) is 17.1. The van der Waals surface area contributed by atoms with Crippen molar-refractivity contribution in [2.45, 2.75) is 57.5 Å². The molecule has 0 aromatic heterocycles. The summed E-state index contributed by atoms with van der Waals surface area (Å²) in [5.41, 5.74) is 1.52. The van der Waals surface area contributed by atoms with E-state index in [1.54, 1.807) is 6.07 Å². The Balaban J connectivity index is 1.52. The molecule has 0 aliphatic heterocycles. The Morgan fingerprint density at radius 2 is 1.33 bits per heavy atom. The van der Waals surface area contributed by atoms with Crippen molar-refractivity contribution in [1.82, 2.24) is 0 Å². The normalized spacial score (nSPS) is 18.0. The molecular weight excluding hydrogens is 474 g/mol.